The van der Waals surface area contributed by atoms with Crippen molar-refractivity contribution in [3.63, 3.8) is 0 Å². The van der Waals surface area contributed by atoms with Gasteiger partial charge in [0, 0.05) is 6.04 Å². The zero-order valence-corrected chi connectivity index (χ0v) is 9.86. The fourth-order valence-electron chi connectivity index (χ4n) is 1.72. The van der Waals surface area contributed by atoms with E-state index in [9.17, 15) is 0 Å². The van der Waals surface area contributed by atoms with Crippen molar-refractivity contribution in [1.29, 1.82) is 0 Å². The molecule has 1 N–H and O–H groups in total. The molecular formula is C10H19N5. The third-order valence-electron chi connectivity index (χ3n) is 2.99. The van der Waals surface area contributed by atoms with Crippen LogP contribution in [0.15, 0.2) is 0 Å². The van der Waals surface area contributed by atoms with E-state index in [4.69, 9.17) is 0 Å². The predicted octanol–water partition coefficient (Wildman–Crippen LogP) is 1.14. The molecule has 1 aliphatic rings. The van der Waals surface area contributed by atoms with Crippen molar-refractivity contribution >= 4 is 0 Å². The highest BCUT2D eigenvalue weighted by atomic mass is 15.6. The summed E-state index contributed by atoms with van der Waals surface area (Å²) < 4.78 is 1.97. The van der Waals surface area contributed by atoms with Gasteiger partial charge in [0.15, 0.2) is 5.82 Å². The van der Waals surface area contributed by atoms with Crippen LogP contribution in [-0.4, -0.2) is 26.2 Å². The maximum Gasteiger partial charge on any atom is 0.165 e. The largest absolute Gasteiger partial charge is 0.308 e. The van der Waals surface area contributed by atoms with Crippen molar-refractivity contribution in [2.24, 2.45) is 5.41 Å². The van der Waals surface area contributed by atoms with E-state index in [0.717, 1.165) is 12.4 Å². The van der Waals surface area contributed by atoms with Gasteiger partial charge in [-0.25, -0.2) is 4.68 Å². The lowest BCUT2D eigenvalue weighted by Crippen LogP contribution is -2.24. The molecule has 15 heavy (non-hydrogen) atoms. The van der Waals surface area contributed by atoms with Crippen LogP contribution >= 0.6 is 0 Å². The van der Waals surface area contributed by atoms with Gasteiger partial charge in [0.1, 0.15) is 0 Å². The first-order valence-corrected chi connectivity index (χ1v) is 5.51. The Balaban J connectivity index is 2.03. The van der Waals surface area contributed by atoms with Crippen LogP contribution in [0, 0.1) is 5.41 Å². The fourth-order valence-corrected chi connectivity index (χ4v) is 1.72. The molecule has 0 aromatic carbocycles. The van der Waals surface area contributed by atoms with E-state index in [2.05, 4.69) is 48.5 Å². The highest BCUT2D eigenvalue weighted by molar-refractivity contribution is 5.02. The van der Waals surface area contributed by atoms with Gasteiger partial charge in [0.25, 0.3) is 0 Å². The summed E-state index contributed by atoms with van der Waals surface area (Å²) in [7, 11) is 0. The Morgan fingerprint density at radius 2 is 2.20 bits per heavy atom. The number of hydrogen-bond acceptors (Lipinski definition) is 4. The summed E-state index contributed by atoms with van der Waals surface area (Å²) in [5.41, 5.74) is 0.363. The summed E-state index contributed by atoms with van der Waals surface area (Å²) >= 11 is 0. The number of rotatable bonds is 4. The maximum atomic E-state index is 4.07. The van der Waals surface area contributed by atoms with Gasteiger partial charge in [-0.1, -0.05) is 27.7 Å². The molecule has 1 aromatic rings. The van der Waals surface area contributed by atoms with Gasteiger partial charge < -0.3 is 5.32 Å². The minimum Gasteiger partial charge on any atom is -0.308 e. The second-order valence-corrected chi connectivity index (χ2v) is 5.28. The Labute approximate surface area is 90.2 Å². The zero-order valence-electron chi connectivity index (χ0n) is 9.86. The van der Waals surface area contributed by atoms with Gasteiger partial charge in [-0.05, 0) is 22.3 Å². The van der Waals surface area contributed by atoms with Gasteiger partial charge >= 0.3 is 0 Å². The van der Waals surface area contributed by atoms with E-state index >= 15 is 0 Å². The minimum atomic E-state index is 0.363. The summed E-state index contributed by atoms with van der Waals surface area (Å²) in [5, 5.41) is 15.2. The van der Waals surface area contributed by atoms with E-state index in [0.29, 0.717) is 17.5 Å². The van der Waals surface area contributed by atoms with Crippen molar-refractivity contribution in [3.8, 4) is 0 Å². The first kappa shape index (κ1) is 10.5. The molecule has 1 aromatic heterocycles. The highest BCUT2D eigenvalue weighted by Gasteiger charge is 2.49. The van der Waals surface area contributed by atoms with Crippen molar-refractivity contribution in [3.05, 3.63) is 5.82 Å². The van der Waals surface area contributed by atoms with E-state index in [1.807, 2.05) is 4.68 Å². The van der Waals surface area contributed by atoms with Crippen LogP contribution in [0.3, 0.4) is 0 Å². The summed E-state index contributed by atoms with van der Waals surface area (Å²) in [5.74, 6) is 0.944. The summed E-state index contributed by atoms with van der Waals surface area (Å²) in [6.45, 7) is 9.49. The number of tetrazole rings is 1. The average Bonchev–Trinajstić information content (AvgIpc) is 2.62. The molecule has 0 spiro atoms. The summed E-state index contributed by atoms with van der Waals surface area (Å²) in [6.07, 6.45) is 1.17. The average molecular weight is 209 g/mol. The number of nitrogens with zero attached hydrogens (tertiary/aromatic N) is 4. The Morgan fingerprint density at radius 3 is 2.73 bits per heavy atom. The van der Waals surface area contributed by atoms with E-state index in [1.165, 1.54) is 6.42 Å². The first-order chi connectivity index (χ1) is 7.00. The second kappa shape index (κ2) is 3.56. The molecule has 2 rings (SSSR count). The lowest BCUT2D eigenvalue weighted by Gasteiger charge is -2.09. The van der Waals surface area contributed by atoms with Crippen LogP contribution in [0.25, 0.3) is 0 Å². The molecule has 5 nitrogen and oxygen atoms in total. The molecule has 0 bridgehead atoms. The van der Waals surface area contributed by atoms with Gasteiger partial charge in [0.05, 0.1) is 12.6 Å². The van der Waals surface area contributed by atoms with Crippen molar-refractivity contribution in [2.45, 2.75) is 52.7 Å². The third kappa shape index (κ3) is 2.17. The Hall–Kier alpha value is -0.970. The molecule has 1 unspecified atom stereocenters. The SMILES string of the molecule is CC(C)NCc1nnnn1C1CC1(C)C. The topological polar surface area (TPSA) is 55.6 Å². The van der Waals surface area contributed by atoms with Crippen molar-refractivity contribution in [2.75, 3.05) is 0 Å². The lowest BCUT2D eigenvalue weighted by molar-refractivity contribution is 0.464. The molecule has 1 heterocycles. The number of nitrogens with one attached hydrogen (secondary N) is 1. The van der Waals surface area contributed by atoms with Gasteiger partial charge in [-0.15, -0.1) is 5.10 Å². The second-order valence-electron chi connectivity index (χ2n) is 5.28. The molecule has 5 heteroatoms. The van der Waals surface area contributed by atoms with Crippen LogP contribution in [0.5, 0.6) is 0 Å². The molecule has 1 saturated carbocycles. The molecular weight excluding hydrogens is 190 g/mol. The van der Waals surface area contributed by atoms with E-state index in [1.54, 1.807) is 0 Å². The summed E-state index contributed by atoms with van der Waals surface area (Å²) in [4.78, 5) is 0. The molecule has 0 amide bonds. The Bertz CT molecular complexity index is 341. The van der Waals surface area contributed by atoms with Gasteiger partial charge in [0.2, 0.25) is 0 Å². The fraction of sp³-hybridized carbons (Fsp3) is 0.900. The quantitative estimate of drug-likeness (QED) is 0.808. The van der Waals surface area contributed by atoms with Crippen LogP contribution in [0.2, 0.25) is 0 Å². The van der Waals surface area contributed by atoms with Crippen LogP contribution < -0.4 is 5.32 Å². The Kier molecular flexibility index (Phi) is 2.50. The minimum absolute atomic E-state index is 0.363. The van der Waals surface area contributed by atoms with E-state index < -0.39 is 0 Å². The predicted molar refractivity (Wildman–Crippen MR) is 57.2 cm³/mol. The first-order valence-electron chi connectivity index (χ1n) is 5.51. The van der Waals surface area contributed by atoms with Crippen molar-refractivity contribution in [1.82, 2.24) is 25.5 Å². The third-order valence-corrected chi connectivity index (χ3v) is 2.99. The van der Waals surface area contributed by atoms with Crippen LogP contribution in [0.4, 0.5) is 0 Å². The Morgan fingerprint density at radius 1 is 1.53 bits per heavy atom. The van der Waals surface area contributed by atoms with Crippen molar-refractivity contribution < 1.29 is 0 Å². The smallest absolute Gasteiger partial charge is 0.165 e. The lowest BCUT2D eigenvalue weighted by atomic mass is 10.2. The van der Waals surface area contributed by atoms with Crippen LogP contribution in [0.1, 0.15) is 46.0 Å². The monoisotopic (exact) mass is 209 g/mol. The molecule has 0 radical (unpaired) electrons. The molecule has 1 fully saturated rings. The van der Waals surface area contributed by atoms with Gasteiger partial charge in [-0.2, -0.15) is 0 Å². The standard InChI is InChI=1S/C10H19N5/c1-7(2)11-6-9-12-13-14-15(9)8-5-10(8,3)4/h7-8,11H,5-6H2,1-4H3. The number of hydrogen-bond donors (Lipinski definition) is 1. The van der Waals surface area contributed by atoms with Crippen LogP contribution in [-0.2, 0) is 6.54 Å². The van der Waals surface area contributed by atoms with Gasteiger partial charge in [-0.3, -0.25) is 0 Å². The number of aromatic nitrogens is 4. The highest BCUT2D eigenvalue weighted by Crippen LogP contribution is 2.55. The molecule has 0 saturated heterocycles. The van der Waals surface area contributed by atoms with E-state index in [-0.39, 0.29) is 0 Å². The molecule has 1 aliphatic carbocycles. The summed E-state index contributed by atoms with van der Waals surface area (Å²) in [6, 6.07) is 0.943. The normalized spacial score (nSPS) is 23.4. The molecule has 1 atom stereocenters. The molecule has 84 valence electrons. The maximum absolute atomic E-state index is 4.07. The zero-order chi connectivity index (χ0) is 11.1. The molecule has 0 aliphatic heterocycles.